The summed E-state index contributed by atoms with van der Waals surface area (Å²) in [5, 5.41) is 0. The second-order valence-corrected chi connectivity index (χ2v) is 9.19. The van der Waals surface area contributed by atoms with Crippen molar-refractivity contribution in [2.45, 2.75) is 98.8 Å². The molecule has 2 aromatic rings. The monoisotopic (exact) mass is 467 g/mol. The number of benzene rings is 2. The molecule has 1 fully saturated rings. The van der Waals surface area contributed by atoms with Gasteiger partial charge in [-0.05, 0) is 80.3 Å². The van der Waals surface area contributed by atoms with Gasteiger partial charge in [-0.3, -0.25) is 4.79 Å². The van der Waals surface area contributed by atoms with Crippen molar-refractivity contribution in [1.82, 2.24) is 0 Å². The van der Waals surface area contributed by atoms with Crippen LogP contribution in [0.1, 0.15) is 102 Å². The number of aryl methyl sites for hydroxylation is 2. The van der Waals surface area contributed by atoms with Crippen LogP contribution in [0.3, 0.4) is 0 Å². The first-order chi connectivity index (χ1) is 16.4. The van der Waals surface area contributed by atoms with E-state index in [1.807, 2.05) is 46.0 Å². The smallest absolute Gasteiger partial charge is 0.229 e. The lowest BCUT2D eigenvalue weighted by atomic mass is 9.83. The quantitative estimate of drug-likeness (QED) is 0.407. The van der Waals surface area contributed by atoms with E-state index in [2.05, 4.69) is 45.0 Å². The molecule has 1 amide bonds. The lowest BCUT2D eigenvalue weighted by molar-refractivity contribution is -0.122. The van der Waals surface area contributed by atoms with Crippen LogP contribution in [0.2, 0.25) is 0 Å². The van der Waals surface area contributed by atoms with Crippen LogP contribution in [-0.2, 0) is 4.79 Å². The van der Waals surface area contributed by atoms with Gasteiger partial charge in [-0.2, -0.15) is 0 Å². The molecule has 0 spiro atoms. The fourth-order valence-electron chi connectivity index (χ4n) is 4.68. The number of rotatable bonds is 7. The molecule has 0 saturated heterocycles. The Morgan fingerprint density at radius 1 is 1.03 bits per heavy atom. The molecule has 0 bridgehead atoms. The molecule has 0 aromatic heterocycles. The number of hydrogen-bond donors (Lipinski definition) is 0. The Bertz CT molecular complexity index is 839. The van der Waals surface area contributed by atoms with E-state index in [0.29, 0.717) is 0 Å². The summed E-state index contributed by atoms with van der Waals surface area (Å²) < 4.78 is 5.29. The van der Waals surface area contributed by atoms with Gasteiger partial charge >= 0.3 is 0 Å². The van der Waals surface area contributed by atoms with E-state index in [0.717, 1.165) is 36.6 Å². The molecule has 0 unspecified atom stereocenters. The van der Waals surface area contributed by atoms with Gasteiger partial charge in [-0.25, -0.2) is 0 Å². The average molecular weight is 468 g/mol. The summed E-state index contributed by atoms with van der Waals surface area (Å²) >= 11 is 0. The van der Waals surface area contributed by atoms with Gasteiger partial charge in [0.15, 0.2) is 0 Å². The van der Waals surface area contributed by atoms with E-state index in [9.17, 15) is 4.79 Å². The fraction of sp³-hybridized carbons (Fsp3) is 0.581. The molecular formula is C31H49NO2. The Balaban J connectivity index is 0.000000318. The van der Waals surface area contributed by atoms with Crippen LogP contribution < -0.4 is 9.64 Å². The van der Waals surface area contributed by atoms with Crippen molar-refractivity contribution in [3.8, 4) is 5.75 Å². The first kappa shape index (κ1) is 29.7. The summed E-state index contributed by atoms with van der Waals surface area (Å²) in [5.41, 5.74) is 4.95. The van der Waals surface area contributed by atoms with Crippen molar-refractivity contribution < 1.29 is 9.53 Å². The van der Waals surface area contributed by atoms with Crippen molar-refractivity contribution in [1.29, 1.82) is 0 Å². The highest BCUT2D eigenvalue weighted by atomic mass is 16.5. The molecule has 0 heterocycles. The topological polar surface area (TPSA) is 29.5 Å². The van der Waals surface area contributed by atoms with E-state index in [4.69, 9.17) is 4.74 Å². The highest BCUT2D eigenvalue weighted by Crippen LogP contribution is 2.34. The molecule has 2 aromatic carbocycles. The standard InChI is InChI=1S/C15H23NO.C14H20O.C2H6/c1-5-8-13(6-2)15(17)16(4)14-10-7-9-12(3)11-14;1-11-10-13(8-9-14(11)15-2)12-6-4-3-5-7-12;1-2/h7,9-11,13H,5-6,8H2,1-4H3;8-10,12H,3-7H2,1-2H3;1-2H3/t13-;;/m0../s1. The Morgan fingerprint density at radius 3 is 2.24 bits per heavy atom. The minimum absolute atomic E-state index is 0.158. The number of ether oxygens (including phenoxy) is 1. The third kappa shape index (κ3) is 9.16. The maximum Gasteiger partial charge on any atom is 0.229 e. The van der Waals surface area contributed by atoms with Crippen molar-refractivity contribution in [2.75, 3.05) is 19.1 Å². The van der Waals surface area contributed by atoms with Crippen molar-refractivity contribution in [3.05, 3.63) is 59.2 Å². The van der Waals surface area contributed by atoms with Crippen LogP contribution in [0.5, 0.6) is 5.75 Å². The Morgan fingerprint density at radius 2 is 1.71 bits per heavy atom. The second kappa shape index (κ2) is 16.4. The fourth-order valence-corrected chi connectivity index (χ4v) is 4.68. The Kier molecular flexibility index (Phi) is 14.3. The summed E-state index contributed by atoms with van der Waals surface area (Å²) in [6, 6.07) is 14.7. The van der Waals surface area contributed by atoms with E-state index < -0.39 is 0 Å². The summed E-state index contributed by atoms with van der Waals surface area (Å²) in [5.74, 6) is 2.20. The highest BCUT2D eigenvalue weighted by molar-refractivity contribution is 5.94. The molecular weight excluding hydrogens is 418 g/mol. The molecule has 0 radical (unpaired) electrons. The third-order valence-corrected chi connectivity index (χ3v) is 6.69. The van der Waals surface area contributed by atoms with Crippen LogP contribution in [0.4, 0.5) is 5.69 Å². The number of carbonyl (C=O) groups is 1. The first-order valence-corrected chi connectivity index (χ1v) is 13.4. The van der Waals surface area contributed by atoms with Crippen LogP contribution in [0.15, 0.2) is 42.5 Å². The minimum Gasteiger partial charge on any atom is -0.496 e. The van der Waals surface area contributed by atoms with E-state index in [-0.39, 0.29) is 11.8 Å². The lowest BCUT2D eigenvalue weighted by Crippen LogP contribution is -2.32. The maximum atomic E-state index is 12.3. The number of carbonyl (C=O) groups excluding carboxylic acids is 1. The largest absolute Gasteiger partial charge is 0.496 e. The SMILES string of the molecule is CC.CCC[C@H](CC)C(=O)N(C)c1cccc(C)c1.COc1ccc(C2CCCCC2)cc1C. The molecule has 1 atom stereocenters. The zero-order valence-electron chi connectivity index (χ0n) is 23.1. The summed E-state index contributed by atoms with van der Waals surface area (Å²) in [7, 11) is 3.61. The number of nitrogens with zero attached hydrogens (tertiary/aromatic N) is 1. The van der Waals surface area contributed by atoms with Gasteiger partial charge in [0, 0.05) is 18.7 Å². The summed E-state index contributed by atoms with van der Waals surface area (Å²) in [6.45, 7) is 12.4. The Hall–Kier alpha value is -2.29. The molecule has 3 heteroatoms. The molecule has 1 aliphatic rings. The molecule has 3 nitrogen and oxygen atoms in total. The van der Waals surface area contributed by atoms with Crippen molar-refractivity contribution in [2.24, 2.45) is 5.92 Å². The highest BCUT2D eigenvalue weighted by Gasteiger charge is 2.20. The number of methoxy groups -OCH3 is 1. The predicted octanol–water partition coefficient (Wildman–Crippen LogP) is 8.86. The van der Waals surface area contributed by atoms with Gasteiger partial charge in [0.05, 0.1) is 7.11 Å². The van der Waals surface area contributed by atoms with Crippen molar-refractivity contribution >= 4 is 11.6 Å². The van der Waals surface area contributed by atoms with Gasteiger partial charge in [-0.1, -0.05) is 77.6 Å². The third-order valence-electron chi connectivity index (χ3n) is 6.69. The van der Waals surface area contributed by atoms with Gasteiger partial charge in [0.2, 0.25) is 5.91 Å². The van der Waals surface area contributed by atoms with E-state index >= 15 is 0 Å². The number of hydrogen-bond acceptors (Lipinski definition) is 2. The number of anilines is 1. The van der Waals surface area contributed by atoms with Crippen molar-refractivity contribution in [3.63, 3.8) is 0 Å². The zero-order valence-corrected chi connectivity index (χ0v) is 23.1. The molecule has 0 aliphatic heterocycles. The molecule has 34 heavy (non-hydrogen) atoms. The Labute approximate surface area is 209 Å². The van der Waals surface area contributed by atoms with E-state index in [1.54, 1.807) is 12.0 Å². The van der Waals surface area contributed by atoms with Crippen LogP contribution in [0.25, 0.3) is 0 Å². The molecule has 1 saturated carbocycles. The lowest BCUT2D eigenvalue weighted by Gasteiger charge is -2.23. The zero-order chi connectivity index (χ0) is 25.5. The predicted molar refractivity (Wildman–Crippen MR) is 148 cm³/mol. The maximum absolute atomic E-state index is 12.3. The summed E-state index contributed by atoms with van der Waals surface area (Å²) in [6.07, 6.45) is 9.91. The van der Waals surface area contributed by atoms with Crippen LogP contribution in [0, 0.1) is 19.8 Å². The van der Waals surface area contributed by atoms with Gasteiger partial charge in [0.1, 0.15) is 5.75 Å². The van der Waals surface area contributed by atoms with Gasteiger partial charge in [-0.15, -0.1) is 0 Å². The summed E-state index contributed by atoms with van der Waals surface area (Å²) in [4.78, 5) is 14.1. The molecule has 1 aliphatic carbocycles. The van der Waals surface area contributed by atoms with Gasteiger partial charge < -0.3 is 9.64 Å². The molecule has 0 N–H and O–H groups in total. The first-order valence-electron chi connectivity index (χ1n) is 13.4. The average Bonchev–Trinajstić information content (AvgIpc) is 2.88. The normalized spacial score (nSPS) is 14.1. The van der Waals surface area contributed by atoms with Crippen LogP contribution >= 0.6 is 0 Å². The second-order valence-electron chi connectivity index (χ2n) is 9.19. The van der Waals surface area contributed by atoms with Gasteiger partial charge in [0.25, 0.3) is 0 Å². The van der Waals surface area contributed by atoms with E-state index in [1.165, 1.54) is 48.8 Å². The number of amides is 1. The molecule has 3 rings (SSSR count). The minimum atomic E-state index is 0.158. The molecule has 190 valence electrons. The van der Waals surface area contributed by atoms with Crippen LogP contribution in [-0.4, -0.2) is 20.1 Å².